The Bertz CT molecular complexity index is 1660. The maximum atomic E-state index is 15.1. The van der Waals surface area contributed by atoms with E-state index in [0.29, 0.717) is 66.1 Å². The fourth-order valence-electron chi connectivity index (χ4n) is 4.50. The van der Waals surface area contributed by atoms with Crippen LogP contribution in [-0.2, 0) is 14.4 Å². The number of hydrogen-bond donors (Lipinski definition) is 2. The van der Waals surface area contributed by atoms with E-state index in [2.05, 4.69) is 15.6 Å². The van der Waals surface area contributed by atoms with Gasteiger partial charge >= 0.3 is 0 Å². The van der Waals surface area contributed by atoms with Crippen molar-refractivity contribution < 1.29 is 37.4 Å². The third-order valence-corrected chi connectivity index (χ3v) is 7.09. The normalized spacial score (nSPS) is 13.2. The molecule has 222 valence electrons. The van der Waals surface area contributed by atoms with Gasteiger partial charge in [0.05, 0.1) is 19.2 Å². The zero-order chi connectivity index (χ0) is 30.4. The Morgan fingerprint density at radius 2 is 1.60 bits per heavy atom. The number of halogens is 2. The highest BCUT2D eigenvalue weighted by molar-refractivity contribution is 6.16. The van der Waals surface area contributed by atoms with Crippen molar-refractivity contribution in [2.24, 2.45) is 5.41 Å². The van der Waals surface area contributed by atoms with Crippen molar-refractivity contribution in [2.45, 2.75) is 32.1 Å². The molecule has 0 atom stereocenters. The minimum Gasteiger partial charge on any atom is -0.493 e. The van der Waals surface area contributed by atoms with Gasteiger partial charge in [0.25, 0.3) is 0 Å². The molecule has 1 aliphatic carbocycles. The molecule has 43 heavy (non-hydrogen) atoms. The zero-order valence-corrected chi connectivity index (χ0v) is 23.3. The van der Waals surface area contributed by atoms with Crippen molar-refractivity contribution in [3.05, 3.63) is 78.5 Å². The number of aromatic nitrogens is 1. The third-order valence-electron chi connectivity index (χ3n) is 7.09. The lowest BCUT2D eigenvalue weighted by molar-refractivity contribution is -0.131. The maximum Gasteiger partial charge on any atom is 0.240 e. The Morgan fingerprint density at radius 3 is 2.28 bits per heavy atom. The molecule has 0 spiro atoms. The van der Waals surface area contributed by atoms with Gasteiger partial charge in [-0.05, 0) is 74.2 Å². The summed E-state index contributed by atoms with van der Waals surface area (Å²) < 4.78 is 45.5. The van der Waals surface area contributed by atoms with Gasteiger partial charge in [-0.25, -0.2) is 8.78 Å². The van der Waals surface area contributed by atoms with Crippen LogP contribution in [0.1, 0.15) is 32.1 Å². The summed E-state index contributed by atoms with van der Waals surface area (Å²) in [5.41, 5.74) is -0.215. The molecule has 1 fully saturated rings. The van der Waals surface area contributed by atoms with Gasteiger partial charge in [-0.3, -0.25) is 14.6 Å². The number of hydrogen-bond acceptors (Lipinski definition) is 7. The molecule has 4 aromatic rings. The topological polar surface area (TPSA) is 116 Å². The molecular formula is C32H29F2N3O6. The number of benzene rings is 3. The van der Waals surface area contributed by atoms with Crippen LogP contribution in [0.2, 0.25) is 0 Å². The Hall–Kier alpha value is -5.06. The van der Waals surface area contributed by atoms with Gasteiger partial charge in [-0.2, -0.15) is 0 Å². The van der Waals surface area contributed by atoms with E-state index < -0.39 is 28.9 Å². The highest BCUT2D eigenvalue weighted by Crippen LogP contribution is 2.47. The van der Waals surface area contributed by atoms with E-state index in [-0.39, 0.29) is 11.4 Å². The molecule has 2 N–H and O–H groups in total. The largest absolute Gasteiger partial charge is 0.493 e. The SMILES string of the molecule is COc1cc2c(Oc3ccc(NC(=O)C4(C(=O)Nc5ccc(F)cc5)CC4)cc3F)ccnc2cc1OCCCCC=O. The number of carbonyl (C=O) groups is 3. The summed E-state index contributed by atoms with van der Waals surface area (Å²) in [6.07, 6.45) is 4.96. The lowest BCUT2D eigenvalue weighted by Gasteiger charge is -2.16. The lowest BCUT2D eigenvalue weighted by Crippen LogP contribution is -2.35. The van der Waals surface area contributed by atoms with Crippen LogP contribution in [0.4, 0.5) is 20.2 Å². The second-order valence-electron chi connectivity index (χ2n) is 10.1. The minimum absolute atomic E-state index is 0.0878. The van der Waals surface area contributed by atoms with Gasteiger partial charge < -0.3 is 29.6 Å². The minimum atomic E-state index is -1.28. The number of pyridine rings is 1. The van der Waals surface area contributed by atoms with Gasteiger partial charge in [0.15, 0.2) is 23.1 Å². The van der Waals surface area contributed by atoms with E-state index in [9.17, 15) is 18.8 Å². The van der Waals surface area contributed by atoms with Gasteiger partial charge in [0.1, 0.15) is 23.3 Å². The van der Waals surface area contributed by atoms with Crippen LogP contribution in [0.25, 0.3) is 10.9 Å². The number of nitrogens with zero attached hydrogens (tertiary/aromatic N) is 1. The molecule has 1 aliphatic rings. The molecule has 0 aliphatic heterocycles. The Balaban J connectivity index is 1.27. The zero-order valence-electron chi connectivity index (χ0n) is 23.3. The standard InChI is InChI=1S/C32H29F2N3O6/c1-41-28-18-23-25(19-29(28)42-16-4-2-3-15-38)35-14-11-26(23)43-27-10-9-22(17-24(27)34)37-31(40)32(12-13-32)30(39)36-21-7-5-20(33)6-8-21/h5-11,14-15,17-19H,2-4,12-13,16H2,1H3,(H,36,39)(H,37,40). The molecule has 5 rings (SSSR count). The summed E-state index contributed by atoms with van der Waals surface area (Å²) in [6.45, 7) is 0.403. The van der Waals surface area contributed by atoms with E-state index in [1.54, 1.807) is 18.2 Å². The summed E-state index contributed by atoms with van der Waals surface area (Å²) in [5.74, 6) is -1.08. The van der Waals surface area contributed by atoms with Crippen LogP contribution in [0.5, 0.6) is 23.0 Å². The molecule has 1 saturated carbocycles. The number of anilines is 2. The molecule has 2 amide bonds. The lowest BCUT2D eigenvalue weighted by atomic mass is 10.0. The first kappa shape index (κ1) is 29.4. The number of aldehydes is 1. The first-order chi connectivity index (χ1) is 20.8. The predicted octanol–water partition coefficient (Wildman–Crippen LogP) is 6.42. The molecule has 0 radical (unpaired) electrons. The van der Waals surface area contributed by atoms with Crippen LogP contribution >= 0.6 is 0 Å². The molecule has 0 bridgehead atoms. The van der Waals surface area contributed by atoms with Crippen molar-refractivity contribution in [2.75, 3.05) is 24.4 Å². The third kappa shape index (κ3) is 6.72. The Kier molecular flexibility index (Phi) is 8.79. The van der Waals surface area contributed by atoms with E-state index in [1.165, 1.54) is 49.7 Å². The van der Waals surface area contributed by atoms with Crippen molar-refractivity contribution in [3.8, 4) is 23.0 Å². The fourth-order valence-corrected chi connectivity index (χ4v) is 4.50. The summed E-state index contributed by atoms with van der Waals surface area (Å²) in [5, 5.41) is 5.82. The number of nitrogens with one attached hydrogen (secondary N) is 2. The van der Waals surface area contributed by atoms with Crippen LogP contribution in [0.15, 0.2) is 66.9 Å². The Morgan fingerprint density at radius 1 is 0.884 bits per heavy atom. The average molecular weight is 590 g/mol. The summed E-state index contributed by atoms with van der Waals surface area (Å²) in [7, 11) is 1.50. The van der Waals surface area contributed by atoms with Gasteiger partial charge in [0, 0.05) is 41.5 Å². The maximum absolute atomic E-state index is 15.1. The number of methoxy groups -OCH3 is 1. The molecule has 1 aromatic heterocycles. The van der Waals surface area contributed by atoms with Crippen molar-refractivity contribution >= 4 is 40.4 Å². The second-order valence-corrected chi connectivity index (χ2v) is 10.1. The highest BCUT2D eigenvalue weighted by Gasteiger charge is 2.56. The summed E-state index contributed by atoms with van der Waals surface area (Å²) in [4.78, 5) is 40.7. The van der Waals surface area contributed by atoms with E-state index in [1.807, 2.05) is 0 Å². The van der Waals surface area contributed by atoms with Gasteiger partial charge in [0.2, 0.25) is 11.8 Å². The number of ether oxygens (including phenoxy) is 3. The number of carbonyl (C=O) groups excluding carboxylic acids is 3. The van der Waals surface area contributed by atoms with Crippen LogP contribution < -0.4 is 24.8 Å². The molecule has 11 heteroatoms. The van der Waals surface area contributed by atoms with E-state index in [0.717, 1.165) is 18.8 Å². The number of rotatable bonds is 13. The first-order valence-corrected chi connectivity index (χ1v) is 13.7. The van der Waals surface area contributed by atoms with E-state index >= 15 is 4.39 Å². The quantitative estimate of drug-likeness (QED) is 0.105. The Labute approximate surface area is 246 Å². The molecule has 0 unspecified atom stereocenters. The summed E-state index contributed by atoms with van der Waals surface area (Å²) in [6, 6.07) is 14.2. The van der Waals surface area contributed by atoms with Crippen LogP contribution in [-0.4, -0.2) is 36.8 Å². The molecule has 1 heterocycles. The molecule has 3 aromatic carbocycles. The number of amides is 2. The second kappa shape index (κ2) is 12.8. The van der Waals surface area contributed by atoms with Gasteiger partial charge in [-0.1, -0.05) is 0 Å². The predicted molar refractivity (Wildman–Crippen MR) is 156 cm³/mol. The average Bonchev–Trinajstić information content (AvgIpc) is 3.82. The van der Waals surface area contributed by atoms with Gasteiger partial charge in [-0.15, -0.1) is 0 Å². The molecule has 0 saturated heterocycles. The number of fused-ring (bicyclic) bond motifs is 1. The monoisotopic (exact) mass is 589 g/mol. The van der Waals surface area contributed by atoms with Crippen LogP contribution in [0.3, 0.4) is 0 Å². The smallest absolute Gasteiger partial charge is 0.240 e. The highest BCUT2D eigenvalue weighted by atomic mass is 19.1. The molecular weight excluding hydrogens is 560 g/mol. The van der Waals surface area contributed by atoms with Crippen molar-refractivity contribution in [3.63, 3.8) is 0 Å². The fraction of sp³-hybridized carbons (Fsp3) is 0.250. The van der Waals surface area contributed by atoms with E-state index in [4.69, 9.17) is 14.2 Å². The van der Waals surface area contributed by atoms with Crippen LogP contribution in [0, 0.1) is 17.0 Å². The first-order valence-electron chi connectivity index (χ1n) is 13.7. The number of unbranched alkanes of at least 4 members (excludes halogenated alkanes) is 2. The van der Waals surface area contributed by atoms with Crippen molar-refractivity contribution in [1.29, 1.82) is 0 Å². The van der Waals surface area contributed by atoms with Crippen molar-refractivity contribution in [1.82, 2.24) is 4.98 Å². The summed E-state index contributed by atoms with van der Waals surface area (Å²) >= 11 is 0. The molecule has 9 nitrogen and oxygen atoms in total.